The van der Waals surface area contributed by atoms with Gasteiger partial charge in [0.25, 0.3) is 0 Å². The Kier molecular flexibility index (Phi) is 9.08. The van der Waals surface area contributed by atoms with E-state index in [1.807, 2.05) is 6.92 Å². The summed E-state index contributed by atoms with van der Waals surface area (Å²) in [5, 5.41) is 13.6. The van der Waals surface area contributed by atoms with Crippen molar-refractivity contribution in [2.24, 2.45) is 0 Å². The first-order chi connectivity index (χ1) is 8.11. The largest absolute Gasteiger partial charge is 0.479 e. The molecule has 0 bridgehead atoms. The van der Waals surface area contributed by atoms with Crippen LogP contribution in [0.2, 0.25) is 0 Å². The molecule has 0 aromatic carbocycles. The van der Waals surface area contributed by atoms with Gasteiger partial charge in [0.2, 0.25) is 0 Å². The van der Waals surface area contributed by atoms with E-state index in [1.165, 1.54) is 7.11 Å². The second kappa shape index (κ2) is 9.86. The Balaban J connectivity index is 3.55. The number of carbonyl (C=O) groups is 2. The molecule has 7 nitrogen and oxygen atoms in total. The number of amides is 2. The van der Waals surface area contributed by atoms with Crippen LogP contribution < -0.4 is 10.6 Å². The molecule has 1 unspecified atom stereocenters. The van der Waals surface area contributed by atoms with E-state index < -0.39 is 18.1 Å². The van der Waals surface area contributed by atoms with Gasteiger partial charge in [0.1, 0.15) is 0 Å². The molecule has 0 aromatic rings. The highest BCUT2D eigenvalue weighted by atomic mass is 16.5. The Labute approximate surface area is 100 Å². The summed E-state index contributed by atoms with van der Waals surface area (Å²) in [7, 11) is 1.28. The van der Waals surface area contributed by atoms with Crippen molar-refractivity contribution in [1.82, 2.24) is 10.6 Å². The molecule has 0 saturated carbocycles. The zero-order valence-corrected chi connectivity index (χ0v) is 10.2. The van der Waals surface area contributed by atoms with Crippen LogP contribution in [0.4, 0.5) is 4.79 Å². The molecular formula is C10H20N2O5. The standard InChI is InChI=1S/C10H20N2O5/c1-3-17-6-4-5-11-10(15)12-7-8(16-2)9(13)14/h8H,3-7H2,1-2H3,(H,13,14)(H2,11,12,15). The fourth-order valence-electron chi connectivity index (χ4n) is 1.04. The van der Waals surface area contributed by atoms with E-state index in [0.717, 1.165) is 0 Å². The molecule has 3 N–H and O–H groups in total. The monoisotopic (exact) mass is 248 g/mol. The number of urea groups is 1. The Morgan fingerprint density at radius 2 is 2.06 bits per heavy atom. The molecular weight excluding hydrogens is 228 g/mol. The van der Waals surface area contributed by atoms with E-state index in [4.69, 9.17) is 9.84 Å². The SMILES string of the molecule is CCOCCCNC(=O)NCC(OC)C(=O)O. The minimum atomic E-state index is -1.11. The number of methoxy groups -OCH3 is 1. The number of hydrogen-bond donors (Lipinski definition) is 3. The number of carbonyl (C=O) groups excluding carboxylic acids is 1. The maximum Gasteiger partial charge on any atom is 0.334 e. The zero-order valence-electron chi connectivity index (χ0n) is 10.2. The van der Waals surface area contributed by atoms with Gasteiger partial charge in [0, 0.05) is 26.9 Å². The van der Waals surface area contributed by atoms with Gasteiger partial charge in [-0.25, -0.2) is 9.59 Å². The normalized spacial score (nSPS) is 11.9. The predicted octanol–water partition coefficient (Wildman–Crippen LogP) is -0.188. The molecule has 0 aromatic heterocycles. The topological polar surface area (TPSA) is 96.9 Å². The van der Waals surface area contributed by atoms with Gasteiger partial charge in [-0.1, -0.05) is 0 Å². The number of ether oxygens (including phenoxy) is 2. The van der Waals surface area contributed by atoms with Crippen molar-refractivity contribution in [2.75, 3.05) is 33.4 Å². The lowest BCUT2D eigenvalue weighted by molar-refractivity contribution is -0.147. The Morgan fingerprint density at radius 3 is 2.59 bits per heavy atom. The third kappa shape index (κ3) is 8.47. The fraction of sp³-hybridized carbons (Fsp3) is 0.800. The van der Waals surface area contributed by atoms with Gasteiger partial charge in [-0.3, -0.25) is 0 Å². The van der Waals surface area contributed by atoms with Crippen LogP contribution >= 0.6 is 0 Å². The molecule has 0 heterocycles. The van der Waals surface area contributed by atoms with E-state index in [2.05, 4.69) is 15.4 Å². The molecule has 0 saturated heterocycles. The van der Waals surface area contributed by atoms with Crippen molar-refractivity contribution in [3.63, 3.8) is 0 Å². The first-order valence-electron chi connectivity index (χ1n) is 5.46. The second-order valence-electron chi connectivity index (χ2n) is 3.25. The minimum absolute atomic E-state index is 0.0663. The lowest BCUT2D eigenvalue weighted by Crippen LogP contribution is -2.43. The van der Waals surface area contributed by atoms with Crippen molar-refractivity contribution < 1.29 is 24.2 Å². The maximum absolute atomic E-state index is 11.2. The number of rotatable bonds is 9. The molecule has 17 heavy (non-hydrogen) atoms. The summed E-state index contributed by atoms with van der Waals surface area (Å²) in [6.07, 6.45) is -0.308. The van der Waals surface area contributed by atoms with E-state index in [0.29, 0.717) is 26.2 Å². The quantitative estimate of drug-likeness (QED) is 0.491. The Morgan fingerprint density at radius 1 is 1.35 bits per heavy atom. The number of carboxylic acid groups (broad SMARTS) is 1. The van der Waals surface area contributed by atoms with Gasteiger partial charge in [-0.15, -0.1) is 0 Å². The van der Waals surface area contributed by atoms with Crippen LogP contribution in [-0.4, -0.2) is 56.6 Å². The molecule has 0 aliphatic carbocycles. The highest BCUT2D eigenvalue weighted by molar-refractivity contribution is 5.76. The molecule has 7 heteroatoms. The van der Waals surface area contributed by atoms with Gasteiger partial charge < -0.3 is 25.2 Å². The molecule has 0 radical (unpaired) electrons. The van der Waals surface area contributed by atoms with Gasteiger partial charge in [-0.2, -0.15) is 0 Å². The van der Waals surface area contributed by atoms with Crippen molar-refractivity contribution in [3.05, 3.63) is 0 Å². The third-order valence-corrected chi connectivity index (χ3v) is 1.96. The van der Waals surface area contributed by atoms with Crippen molar-refractivity contribution in [1.29, 1.82) is 0 Å². The number of nitrogens with one attached hydrogen (secondary N) is 2. The summed E-state index contributed by atoms with van der Waals surface area (Å²) >= 11 is 0. The van der Waals surface area contributed by atoms with Gasteiger partial charge in [0.15, 0.2) is 6.10 Å². The smallest absolute Gasteiger partial charge is 0.334 e. The van der Waals surface area contributed by atoms with Crippen molar-refractivity contribution in [3.8, 4) is 0 Å². The zero-order chi connectivity index (χ0) is 13.1. The second-order valence-corrected chi connectivity index (χ2v) is 3.25. The van der Waals surface area contributed by atoms with Crippen molar-refractivity contribution in [2.45, 2.75) is 19.4 Å². The van der Waals surface area contributed by atoms with E-state index in [9.17, 15) is 9.59 Å². The molecule has 2 amide bonds. The molecule has 100 valence electrons. The Bertz CT molecular complexity index is 235. The summed E-state index contributed by atoms with van der Waals surface area (Å²) < 4.78 is 9.75. The minimum Gasteiger partial charge on any atom is -0.479 e. The maximum atomic E-state index is 11.2. The summed E-state index contributed by atoms with van der Waals surface area (Å²) in [6.45, 7) is 3.56. The summed E-state index contributed by atoms with van der Waals surface area (Å²) in [5.41, 5.74) is 0. The molecule has 0 aliphatic rings. The van der Waals surface area contributed by atoms with Crippen LogP contribution in [0.1, 0.15) is 13.3 Å². The van der Waals surface area contributed by atoms with E-state index >= 15 is 0 Å². The van der Waals surface area contributed by atoms with Crippen molar-refractivity contribution >= 4 is 12.0 Å². The van der Waals surface area contributed by atoms with Gasteiger partial charge in [0.05, 0.1) is 6.54 Å². The molecule has 0 spiro atoms. The van der Waals surface area contributed by atoms with E-state index in [1.54, 1.807) is 0 Å². The van der Waals surface area contributed by atoms with Crippen LogP contribution in [0.5, 0.6) is 0 Å². The van der Waals surface area contributed by atoms with Gasteiger partial charge >= 0.3 is 12.0 Å². The molecule has 0 fully saturated rings. The number of hydrogen-bond acceptors (Lipinski definition) is 4. The number of aliphatic carboxylic acids is 1. The van der Waals surface area contributed by atoms with Gasteiger partial charge in [-0.05, 0) is 13.3 Å². The predicted molar refractivity (Wildman–Crippen MR) is 60.9 cm³/mol. The molecule has 0 aliphatic heterocycles. The van der Waals surface area contributed by atoms with Crippen LogP contribution in [0.3, 0.4) is 0 Å². The molecule has 1 atom stereocenters. The summed E-state index contributed by atoms with van der Waals surface area (Å²) in [6, 6.07) is -0.412. The highest BCUT2D eigenvalue weighted by Crippen LogP contribution is 1.87. The van der Waals surface area contributed by atoms with Crippen LogP contribution in [0.15, 0.2) is 0 Å². The number of carboxylic acids is 1. The highest BCUT2D eigenvalue weighted by Gasteiger charge is 2.16. The molecule has 0 rings (SSSR count). The van der Waals surface area contributed by atoms with E-state index in [-0.39, 0.29) is 6.54 Å². The average molecular weight is 248 g/mol. The summed E-state index contributed by atoms with van der Waals surface area (Å²) in [4.78, 5) is 21.8. The van der Waals surface area contributed by atoms with Crippen LogP contribution in [0, 0.1) is 0 Å². The fourth-order valence-corrected chi connectivity index (χ4v) is 1.04. The first-order valence-corrected chi connectivity index (χ1v) is 5.46. The van der Waals surface area contributed by atoms with Crippen LogP contribution in [-0.2, 0) is 14.3 Å². The summed E-state index contributed by atoms with van der Waals surface area (Å²) in [5.74, 6) is -1.11. The first kappa shape index (κ1) is 15.7. The van der Waals surface area contributed by atoms with Crippen LogP contribution in [0.25, 0.3) is 0 Å². The lowest BCUT2D eigenvalue weighted by Gasteiger charge is -2.12. The Hall–Kier alpha value is -1.34. The average Bonchev–Trinajstić information content (AvgIpc) is 2.29. The lowest BCUT2D eigenvalue weighted by atomic mass is 10.3. The third-order valence-electron chi connectivity index (χ3n) is 1.96.